The smallest absolute Gasteiger partial charge is 0.0130 e. The average molecular weight is 243 g/mol. The number of fused-ring (bicyclic) bond motifs is 3. The van der Waals surface area contributed by atoms with Gasteiger partial charge in [-0.25, -0.2) is 0 Å². The van der Waals surface area contributed by atoms with E-state index in [0.717, 1.165) is 23.8 Å². The topological polar surface area (TPSA) is 12.0 Å². The molecule has 2 atom stereocenters. The van der Waals surface area contributed by atoms with Crippen molar-refractivity contribution in [1.29, 1.82) is 0 Å². The fourth-order valence-corrected chi connectivity index (χ4v) is 3.86. The van der Waals surface area contributed by atoms with Crippen LogP contribution in [0, 0.1) is 17.8 Å². The largest absolute Gasteiger partial charge is 0.313 e. The van der Waals surface area contributed by atoms with Crippen LogP contribution in [0.15, 0.2) is 24.3 Å². The second-order valence-electron chi connectivity index (χ2n) is 6.60. The zero-order chi connectivity index (χ0) is 12.5. The maximum absolute atomic E-state index is 3.86. The second-order valence-corrected chi connectivity index (χ2v) is 6.60. The van der Waals surface area contributed by atoms with Crippen molar-refractivity contribution in [3.63, 3.8) is 0 Å². The predicted molar refractivity (Wildman–Crippen MR) is 76.7 cm³/mol. The van der Waals surface area contributed by atoms with E-state index in [4.69, 9.17) is 0 Å². The molecule has 1 saturated carbocycles. The summed E-state index contributed by atoms with van der Waals surface area (Å²) in [5.41, 5.74) is 3.22. The molecule has 0 saturated heterocycles. The van der Waals surface area contributed by atoms with Crippen LogP contribution < -0.4 is 5.32 Å². The fraction of sp³-hybridized carbons (Fsp3) is 0.647. The third-order valence-electron chi connectivity index (χ3n) is 4.77. The Morgan fingerprint density at radius 2 is 1.61 bits per heavy atom. The lowest BCUT2D eigenvalue weighted by Crippen LogP contribution is -2.39. The molecule has 3 rings (SSSR count). The van der Waals surface area contributed by atoms with Crippen molar-refractivity contribution >= 4 is 0 Å². The van der Waals surface area contributed by atoms with Gasteiger partial charge in [-0.15, -0.1) is 0 Å². The van der Waals surface area contributed by atoms with Gasteiger partial charge in [0.1, 0.15) is 0 Å². The molecule has 2 aliphatic carbocycles. The monoisotopic (exact) mass is 243 g/mol. The van der Waals surface area contributed by atoms with Crippen molar-refractivity contribution in [3.8, 4) is 0 Å². The van der Waals surface area contributed by atoms with Gasteiger partial charge in [-0.1, -0.05) is 38.1 Å². The Morgan fingerprint density at radius 3 is 2.11 bits per heavy atom. The van der Waals surface area contributed by atoms with Crippen molar-refractivity contribution < 1.29 is 0 Å². The van der Waals surface area contributed by atoms with Crippen molar-refractivity contribution in [2.45, 2.75) is 45.6 Å². The molecule has 1 N–H and O–H groups in total. The highest BCUT2D eigenvalue weighted by Crippen LogP contribution is 2.39. The summed E-state index contributed by atoms with van der Waals surface area (Å²) < 4.78 is 0. The van der Waals surface area contributed by atoms with Crippen LogP contribution in [0.5, 0.6) is 0 Å². The Hall–Kier alpha value is -0.820. The van der Waals surface area contributed by atoms with E-state index in [1.807, 2.05) is 0 Å². The molecule has 98 valence electrons. The summed E-state index contributed by atoms with van der Waals surface area (Å²) in [6.07, 6.45) is 5.44. The molecule has 1 aromatic carbocycles. The lowest BCUT2D eigenvalue weighted by atomic mass is 9.94. The van der Waals surface area contributed by atoms with Gasteiger partial charge in [0.2, 0.25) is 0 Å². The van der Waals surface area contributed by atoms with E-state index in [-0.39, 0.29) is 0 Å². The molecule has 1 nitrogen and oxygen atoms in total. The summed E-state index contributed by atoms with van der Waals surface area (Å²) in [5, 5.41) is 3.86. The van der Waals surface area contributed by atoms with Crippen LogP contribution in [0.1, 0.15) is 37.8 Å². The molecule has 1 heteroatoms. The van der Waals surface area contributed by atoms with Gasteiger partial charge in [-0.05, 0) is 61.1 Å². The van der Waals surface area contributed by atoms with Crippen LogP contribution in [0.3, 0.4) is 0 Å². The van der Waals surface area contributed by atoms with Crippen LogP contribution in [-0.2, 0) is 12.8 Å². The van der Waals surface area contributed by atoms with Gasteiger partial charge >= 0.3 is 0 Å². The highest BCUT2D eigenvalue weighted by molar-refractivity contribution is 5.30. The van der Waals surface area contributed by atoms with Gasteiger partial charge in [-0.3, -0.25) is 0 Å². The van der Waals surface area contributed by atoms with Crippen molar-refractivity contribution in [3.05, 3.63) is 35.4 Å². The lowest BCUT2D eigenvalue weighted by molar-refractivity contribution is 0.328. The van der Waals surface area contributed by atoms with Crippen LogP contribution in [0.4, 0.5) is 0 Å². The van der Waals surface area contributed by atoms with E-state index in [1.54, 1.807) is 11.1 Å². The molecule has 0 heterocycles. The summed E-state index contributed by atoms with van der Waals surface area (Å²) >= 11 is 0. The van der Waals surface area contributed by atoms with E-state index in [0.29, 0.717) is 0 Å². The molecular formula is C17H25N. The zero-order valence-corrected chi connectivity index (χ0v) is 11.7. The highest BCUT2D eigenvalue weighted by atomic mass is 14.9. The van der Waals surface area contributed by atoms with Crippen LogP contribution >= 0.6 is 0 Å². The first-order valence-corrected chi connectivity index (χ1v) is 7.54. The summed E-state index contributed by atoms with van der Waals surface area (Å²) in [7, 11) is 0. The van der Waals surface area contributed by atoms with Gasteiger partial charge in [0.25, 0.3) is 0 Å². The minimum Gasteiger partial charge on any atom is -0.313 e. The third kappa shape index (κ3) is 2.33. The molecular weight excluding hydrogens is 218 g/mol. The van der Waals surface area contributed by atoms with Gasteiger partial charge in [-0.2, -0.15) is 0 Å². The summed E-state index contributed by atoms with van der Waals surface area (Å²) in [6, 6.07) is 9.85. The molecule has 2 aliphatic rings. The van der Waals surface area contributed by atoms with Crippen LogP contribution in [0.25, 0.3) is 0 Å². The van der Waals surface area contributed by atoms with Crippen LogP contribution in [0.2, 0.25) is 0 Å². The number of benzene rings is 1. The molecule has 1 aromatic rings. The third-order valence-corrected chi connectivity index (χ3v) is 4.77. The van der Waals surface area contributed by atoms with Gasteiger partial charge in [0.05, 0.1) is 0 Å². The van der Waals surface area contributed by atoms with Crippen molar-refractivity contribution in [1.82, 2.24) is 5.32 Å². The van der Waals surface area contributed by atoms with Gasteiger partial charge in [0, 0.05) is 6.04 Å². The van der Waals surface area contributed by atoms with E-state index in [1.165, 1.54) is 32.2 Å². The fourth-order valence-electron chi connectivity index (χ4n) is 3.86. The first-order chi connectivity index (χ1) is 8.74. The van der Waals surface area contributed by atoms with E-state index >= 15 is 0 Å². The minimum absolute atomic E-state index is 0.759. The zero-order valence-electron chi connectivity index (χ0n) is 11.7. The molecule has 0 aliphatic heterocycles. The Kier molecular flexibility index (Phi) is 3.43. The summed E-state index contributed by atoms with van der Waals surface area (Å²) in [6.45, 7) is 5.79. The molecule has 1 fully saturated rings. The van der Waals surface area contributed by atoms with E-state index < -0.39 is 0 Å². The van der Waals surface area contributed by atoms with Gasteiger partial charge < -0.3 is 5.32 Å². The molecule has 0 aromatic heterocycles. The van der Waals surface area contributed by atoms with E-state index in [9.17, 15) is 0 Å². The Morgan fingerprint density at radius 1 is 1.06 bits per heavy atom. The first kappa shape index (κ1) is 12.2. The predicted octanol–water partition coefficient (Wildman–Crippen LogP) is 3.43. The number of nitrogens with one attached hydrogen (secondary N) is 1. The Labute approximate surface area is 111 Å². The van der Waals surface area contributed by atoms with Crippen molar-refractivity contribution in [2.24, 2.45) is 17.8 Å². The second kappa shape index (κ2) is 5.05. The quantitative estimate of drug-likeness (QED) is 0.857. The molecule has 2 unspecified atom stereocenters. The molecule has 0 radical (unpaired) electrons. The first-order valence-electron chi connectivity index (χ1n) is 7.54. The minimum atomic E-state index is 0.759. The number of rotatable bonds is 3. The standard InChI is InChI=1S/C17H25N/c1-12(2)11-18-17-15-7-8-16(17)10-14-6-4-3-5-13(14)9-15/h3-6,12,15-18H,7-11H2,1-2H3. The maximum Gasteiger partial charge on any atom is 0.0130 e. The summed E-state index contributed by atoms with van der Waals surface area (Å²) in [5.74, 6) is 2.50. The van der Waals surface area contributed by atoms with Crippen molar-refractivity contribution in [2.75, 3.05) is 6.54 Å². The normalized spacial score (nSPS) is 30.3. The molecule has 0 spiro atoms. The molecule has 2 bridgehead atoms. The number of hydrogen-bond acceptors (Lipinski definition) is 1. The average Bonchev–Trinajstić information content (AvgIpc) is 2.62. The Bertz CT molecular complexity index is 377. The molecule has 0 amide bonds. The SMILES string of the molecule is CC(C)CNC1C2CCC1Cc1ccccc1C2. The van der Waals surface area contributed by atoms with Gasteiger partial charge in [0.15, 0.2) is 0 Å². The lowest BCUT2D eigenvalue weighted by Gasteiger charge is -2.24. The highest BCUT2D eigenvalue weighted by Gasteiger charge is 2.38. The summed E-state index contributed by atoms with van der Waals surface area (Å²) in [4.78, 5) is 0. The van der Waals surface area contributed by atoms with E-state index in [2.05, 4.69) is 43.4 Å². The molecule has 18 heavy (non-hydrogen) atoms. The maximum atomic E-state index is 3.86. The number of hydrogen-bond donors (Lipinski definition) is 1. The van der Waals surface area contributed by atoms with Crippen LogP contribution in [-0.4, -0.2) is 12.6 Å². The Balaban J connectivity index is 1.78.